The molecule has 1 heteroatoms. The van der Waals surface area contributed by atoms with E-state index in [2.05, 4.69) is 48.5 Å². The summed E-state index contributed by atoms with van der Waals surface area (Å²) < 4.78 is 6.33. The molecule has 0 radical (unpaired) electrons. The second kappa shape index (κ2) is 7.41. The van der Waals surface area contributed by atoms with Gasteiger partial charge < -0.3 is 4.74 Å². The molecule has 0 heterocycles. The summed E-state index contributed by atoms with van der Waals surface area (Å²) in [6.07, 6.45) is 7.46. The van der Waals surface area contributed by atoms with Crippen LogP contribution in [0, 0.1) is 5.92 Å². The zero-order chi connectivity index (χ0) is 13.5. The predicted octanol–water partition coefficient (Wildman–Crippen LogP) is 5.58. The second-order valence-electron chi connectivity index (χ2n) is 6.74. The summed E-state index contributed by atoms with van der Waals surface area (Å²) in [5.41, 5.74) is 0.0826. The highest BCUT2D eigenvalue weighted by Crippen LogP contribution is 2.32. The number of unbranched alkanes of at least 4 members (excludes halogenated alkanes) is 1. The van der Waals surface area contributed by atoms with E-state index in [-0.39, 0.29) is 11.2 Å². The van der Waals surface area contributed by atoms with Crippen molar-refractivity contribution in [2.75, 3.05) is 0 Å². The first-order chi connectivity index (χ1) is 7.74. The van der Waals surface area contributed by atoms with Crippen LogP contribution in [0.3, 0.4) is 0 Å². The van der Waals surface area contributed by atoms with Crippen molar-refractivity contribution in [3.05, 3.63) is 0 Å². The first-order valence-electron chi connectivity index (χ1n) is 7.45. The molecule has 0 aromatic rings. The molecule has 0 amide bonds. The molecular weight excluding hydrogens is 208 g/mol. The smallest absolute Gasteiger partial charge is 0.0684 e. The van der Waals surface area contributed by atoms with Gasteiger partial charge in [0.15, 0.2) is 0 Å². The summed E-state index contributed by atoms with van der Waals surface area (Å²) in [6, 6.07) is 0. The third-order valence-electron chi connectivity index (χ3n) is 3.48. The summed E-state index contributed by atoms with van der Waals surface area (Å²) in [6.45, 7) is 15.6. The maximum absolute atomic E-state index is 6.33. The highest BCUT2D eigenvalue weighted by atomic mass is 16.5. The molecule has 0 saturated carbocycles. The molecule has 0 unspecified atom stereocenters. The fourth-order valence-corrected chi connectivity index (χ4v) is 2.45. The molecular formula is C16H34O. The summed E-state index contributed by atoms with van der Waals surface area (Å²) >= 11 is 0. The number of hydrogen-bond donors (Lipinski definition) is 0. The molecule has 17 heavy (non-hydrogen) atoms. The third-order valence-corrected chi connectivity index (χ3v) is 3.48. The normalized spacial score (nSPS) is 13.4. The number of rotatable bonds is 8. The minimum Gasteiger partial charge on any atom is -0.369 e. The van der Waals surface area contributed by atoms with Crippen LogP contribution in [0.1, 0.15) is 87.0 Å². The van der Waals surface area contributed by atoms with Gasteiger partial charge in [-0.1, -0.05) is 47.0 Å². The third kappa shape index (κ3) is 7.81. The lowest BCUT2D eigenvalue weighted by atomic mass is 9.88. The molecule has 1 nitrogen and oxygen atoms in total. The van der Waals surface area contributed by atoms with Crippen LogP contribution in [0.5, 0.6) is 0 Å². The molecule has 104 valence electrons. The van der Waals surface area contributed by atoms with Gasteiger partial charge in [0.05, 0.1) is 11.2 Å². The Morgan fingerprint density at radius 3 is 1.82 bits per heavy atom. The highest BCUT2D eigenvalue weighted by Gasteiger charge is 2.31. The standard InChI is InChI=1S/C16H34O/c1-8-16(9-2,17-15(5,6)7)13-11-10-12-14(3)4/h14H,8-13H2,1-7H3. The van der Waals surface area contributed by atoms with E-state index in [0.717, 1.165) is 18.8 Å². The summed E-state index contributed by atoms with van der Waals surface area (Å²) in [7, 11) is 0. The molecule has 0 aliphatic heterocycles. The van der Waals surface area contributed by atoms with E-state index < -0.39 is 0 Å². The van der Waals surface area contributed by atoms with Crippen molar-refractivity contribution < 1.29 is 4.74 Å². The van der Waals surface area contributed by atoms with Gasteiger partial charge in [-0.3, -0.25) is 0 Å². The maximum atomic E-state index is 6.33. The van der Waals surface area contributed by atoms with Gasteiger partial charge in [-0.05, 0) is 46.0 Å². The van der Waals surface area contributed by atoms with E-state index in [4.69, 9.17) is 4.74 Å². The van der Waals surface area contributed by atoms with E-state index in [9.17, 15) is 0 Å². The van der Waals surface area contributed by atoms with Crippen LogP contribution in [0.4, 0.5) is 0 Å². The molecule has 0 spiro atoms. The Morgan fingerprint density at radius 1 is 0.941 bits per heavy atom. The quantitative estimate of drug-likeness (QED) is 0.505. The highest BCUT2D eigenvalue weighted by molar-refractivity contribution is 4.81. The second-order valence-corrected chi connectivity index (χ2v) is 6.74. The molecule has 0 atom stereocenters. The van der Waals surface area contributed by atoms with Gasteiger partial charge >= 0.3 is 0 Å². The Balaban J connectivity index is 4.21. The average Bonchev–Trinajstić information content (AvgIpc) is 2.20. The molecule has 0 saturated heterocycles. The largest absolute Gasteiger partial charge is 0.369 e. The monoisotopic (exact) mass is 242 g/mol. The van der Waals surface area contributed by atoms with Gasteiger partial charge in [0.1, 0.15) is 0 Å². The molecule has 0 aromatic heterocycles. The van der Waals surface area contributed by atoms with Crippen LogP contribution >= 0.6 is 0 Å². The summed E-state index contributed by atoms with van der Waals surface area (Å²) in [5.74, 6) is 0.830. The first-order valence-corrected chi connectivity index (χ1v) is 7.45. The van der Waals surface area contributed by atoms with Crippen molar-refractivity contribution in [1.82, 2.24) is 0 Å². The Bertz CT molecular complexity index is 184. The van der Waals surface area contributed by atoms with Gasteiger partial charge in [0, 0.05) is 0 Å². The van der Waals surface area contributed by atoms with Gasteiger partial charge in [0.2, 0.25) is 0 Å². The molecule has 0 aliphatic carbocycles. The van der Waals surface area contributed by atoms with Crippen molar-refractivity contribution in [1.29, 1.82) is 0 Å². The van der Waals surface area contributed by atoms with Crippen molar-refractivity contribution in [2.45, 2.75) is 98.2 Å². The summed E-state index contributed by atoms with van der Waals surface area (Å²) in [4.78, 5) is 0. The van der Waals surface area contributed by atoms with Crippen LogP contribution in [0.2, 0.25) is 0 Å². The number of ether oxygens (including phenoxy) is 1. The van der Waals surface area contributed by atoms with Crippen LogP contribution in [-0.4, -0.2) is 11.2 Å². The van der Waals surface area contributed by atoms with Gasteiger partial charge in [-0.25, -0.2) is 0 Å². The molecule has 0 bridgehead atoms. The fraction of sp³-hybridized carbons (Fsp3) is 1.00. The Morgan fingerprint density at radius 2 is 1.47 bits per heavy atom. The van der Waals surface area contributed by atoms with Crippen LogP contribution in [-0.2, 0) is 4.74 Å². The molecule has 0 aromatic carbocycles. The average molecular weight is 242 g/mol. The van der Waals surface area contributed by atoms with Gasteiger partial charge in [-0.15, -0.1) is 0 Å². The van der Waals surface area contributed by atoms with E-state index in [1.807, 2.05) is 0 Å². The molecule has 0 N–H and O–H groups in total. The maximum Gasteiger partial charge on any atom is 0.0684 e. The first kappa shape index (κ1) is 17.0. The predicted molar refractivity (Wildman–Crippen MR) is 77.5 cm³/mol. The van der Waals surface area contributed by atoms with Crippen molar-refractivity contribution in [2.24, 2.45) is 5.92 Å². The Hall–Kier alpha value is -0.0400. The zero-order valence-electron chi connectivity index (χ0n) is 13.2. The number of hydrogen-bond acceptors (Lipinski definition) is 1. The molecule has 0 aliphatic rings. The lowest BCUT2D eigenvalue weighted by Gasteiger charge is -2.38. The van der Waals surface area contributed by atoms with Crippen LogP contribution in [0.25, 0.3) is 0 Å². The Kier molecular flexibility index (Phi) is 7.39. The van der Waals surface area contributed by atoms with Gasteiger partial charge in [-0.2, -0.15) is 0 Å². The lowest BCUT2D eigenvalue weighted by molar-refractivity contribution is -0.141. The Labute approximate surface area is 109 Å². The van der Waals surface area contributed by atoms with Crippen LogP contribution in [0.15, 0.2) is 0 Å². The topological polar surface area (TPSA) is 9.23 Å². The van der Waals surface area contributed by atoms with Crippen molar-refractivity contribution in [3.63, 3.8) is 0 Å². The minimum absolute atomic E-state index is 0.0237. The van der Waals surface area contributed by atoms with Crippen molar-refractivity contribution >= 4 is 0 Å². The van der Waals surface area contributed by atoms with E-state index in [0.29, 0.717) is 0 Å². The lowest BCUT2D eigenvalue weighted by Crippen LogP contribution is -2.39. The minimum atomic E-state index is -0.0237. The molecule has 0 fully saturated rings. The fourth-order valence-electron chi connectivity index (χ4n) is 2.45. The molecule has 0 rings (SSSR count). The van der Waals surface area contributed by atoms with E-state index >= 15 is 0 Å². The van der Waals surface area contributed by atoms with Crippen LogP contribution < -0.4 is 0 Å². The zero-order valence-corrected chi connectivity index (χ0v) is 13.2. The van der Waals surface area contributed by atoms with E-state index in [1.165, 1.54) is 25.7 Å². The summed E-state index contributed by atoms with van der Waals surface area (Å²) in [5, 5.41) is 0. The van der Waals surface area contributed by atoms with E-state index in [1.54, 1.807) is 0 Å². The van der Waals surface area contributed by atoms with Gasteiger partial charge in [0.25, 0.3) is 0 Å². The SMILES string of the molecule is CCC(CC)(CCCCC(C)C)OC(C)(C)C. The van der Waals surface area contributed by atoms with Crippen molar-refractivity contribution in [3.8, 4) is 0 Å².